The molecule has 3 aromatic carbocycles. The van der Waals surface area contributed by atoms with Gasteiger partial charge in [0, 0.05) is 5.56 Å². The van der Waals surface area contributed by atoms with Crippen molar-refractivity contribution in [2.45, 2.75) is 5.37 Å². The topological polar surface area (TPSA) is 53.8 Å². The molecule has 0 amide bonds. The van der Waals surface area contributed by atoms with E-state index < -0.39 is 0 Å². The van der Waals surface area contributed by atoms with E-state index in [0.717, 1.165) is 32.7 Å². The van der Waals surface area contributed by atoms with Gasteiger partial charge in [0.2, 0.25) is 0 Å². The third-order valence-electron chi connectivity index (χ3n) is 4.06. The monoisotopic (exact) mass is 336 g/mol. The molecule has 0 unspecified atom stereocenters. The number of ether oxygens (including phenoxy) is 1. The van der Waals surface area contributed by atoms with Crippen molar-refractivity contribution in [3.8, 4) is 11.5 Å². The van der Waals surface area contributed by atoms with Gasteiger partial charge in [-0.15, -0.1) is 0 Å². The summed E-state index contributed by atoms with van der Waals surface area (Å²) < 4.78 is 5.58. The summed E-state index contributed by atoms with van der Waals surface area (Å²) in [4.78, 5) is 0. The summed E-state index contributed by atoms with van der Waals surface area (Å²) in [5, 5.41) is 17.5. The maximum atomic E-state index is 10.1. The second kappa shape index (κ2) is 6.09. The second-order valence-corrected chi connectivity index (χ2v) is 6.56. The Morgan fingerprint density at radius 2 is 1.83 bits per heavy atom. The van der Waals surface area contributed by atoms with Crippen molar-refractivity contribution in [2.75, 3.05) is 7.11 Å². The number of hydrogen-bond donors (Lipinski definition) is 2. The summed E-state index contributed by atoms with van der Waals surface area (Å²) in [6, 6.07) is 19.5. The lowest BCUT2D eigenvalue weighted by Crippen LogP contribution is -2.09. The van der Waals surface area contributed by atoms with Crippen LogP contribution in [-0.4, -0.2) is 17.3 Å². The van der Waals surface area contributed by atoms with Crippen LogP contribution in [0.5, 0.6) is 11.5 Å². The zero-order valence-electron chi connectivity index (χ0n) is 13.1. The smallest absolute Gasteiger partial charge is 0.129 e. The highest BCUT2D eigenvalue weighted by atomic mass is 32.2. The van der Waals surface area contributed by atoms with E-state index in [-0.39, 0.29) is 11.1 Å². The van der Waals surface area contributed by atoms with Crippen LogP contribution in [0, 0.1) is 0 Å². The molecule has 4 rings (SSSR count). The van der Waals surface area contributed by atoms with Crippen molar-refractivity contribution in [3.63, 3.8) is 0 Å². The molecular weight excluding hydrogens is 320 g/mol. The number of rotatable bonds is 3. The van der Waals surface area contributed by atoms with E-state index in [4.69, 9.17) is 4.74 Å². The number of hydrazone groups is 1. The highest BCUT2D eigenvalue weighted by Gasteiger charge is 2.27. The molecule has 2 N–H and O–H groups in total. The van der Waals surface area contributed by atoms with Crippen LogP contribution in [0.4, 0.5) is 0 Å². The number of phenolic OH excluding ortho intramolecular Hbond substituents is 1. The molecule has 0 aliphatic carbocycles. The Bertz CT molecular complexity index is 940. The number of phenols is 1. The van der Waals surface area contributed by atoms with Crippen molar-refractivity contribution in [1.82, 2.24) is 5.43 Å². The van der Waals surface area contributed by atoms with Gasteiger partial charge < -0.3 is 9.84 Å². The van der Waals surface area contributed by atoms with Gasteiger partial charge in [-0.25, -0.2) is 0 Å². The SMILES string of the molecule is COc1ccc2ccccc2c1[C@H]1NN=C(c2ccccc2O)S1. The van der Waals surface area contributed by atoms with Crippen molar-refractivity contribution >= 4 is 27.6 Å². The largest absolute Gasteiger partial charge is 0.507 e. The van der Waals surface area contributed by atoms with Crippen LogP contribution in [-0.2, 0) is 0 Å². The van der Waals surface area contributed by atoms with E-state index in [2.05, 4.69) is 28.7 Å². The third-order valence-corrected chi connectivity index (χ3v) is 5.17. The number of methoxy groups -OCH3 is 1. The van der Waals surface area contributed by atoms with Gasteiger partial charge in [0.15, 0.2) is 0 Å². The van der Waals surface area contributed by atoms with Crippen molar-refractivity contribution in [3.05, 3.63) is 71.8 Å². The summed E-state index contributed by atoms with van der Waals surface area (Å²) >= 11 is 1.57. The molecule has 4 nitrogen and oxygen atoms in total. The first kappa shape index (κ1) is 14.9. The highest BCUT2D eigenvalue weighted by Crippen LogP contribution is 2.43. The summed E-state index contributed by atoms with van der Waals surface area (Å²) in [5.41, 5.74) is 4.97. The van der Waals surface area contributed by atoms with Gasteiger partial charge in [0.05, 0.1) is 12.7 Å². The maximum Gasteiger partial charge on any atom is 0.129 e. The van der Waals surface area contributed by atoms with Gasteiger partial charge in [0.1, 0.15) is 21.9 Å². The van der Waals surface area contributed by atoms with Crippen LogP contribution < -0.4 is 10.2 Å². The lowest BCUT2D eigenvalue weighted by atomic mass is 10.0. The van der Waals surface area contributed by atoms with Gasteiger partial charge in [-0.1, -0.05) is 54.2 Å². The molecule has 0 bridgehead atoms. The van der Waals surface area contributed by atoms with E-state index in [1.807, 2.05) is 30.3 Å². The number of para-hydroxylation sites is 1. The molecule has 1 heterocycles. The molecule has 0 radical (unpaired) electrons. The van der Waals surface area contributed by atoms with Crippen molar-refractivity contribution in [2.24, 2.45) is 5.10 Å². The first-order chi connectivity index (χ1) is 11.8. The van der Waals surface area contributed by atoms with E-state index in [9.17, 15) is 5.11 Å². The fourth-order valence-electron chi connectivity index (χ4n) is 2.91. The third kappa shape index (κ3) is 2.47. The molecule has 1 atom stereocenters. The predicted octanol–water partition coefficient (Wildman–Crippen LogP) is 4.25. The van der Waals surface area contributed by atoms with Crippen LogP contribution in [0.3, 0.4) is 0 Å². The average molecular weight is 336 g/mol. The minimum atomic E-state index is -0.0688. The first-order valence-electron chi connectivity index (χ1n) is 7.62. The van der Waals surface area contributed by atoms with Gasteiger partial charge in [-0.05, 0) is 29.0 Å². The Morgan fingerprint density at radius 1 is 1.04 bits per heavy atom. The zero-order chi connectivity index (χ0) is 16.5. The van der Waals surface area contributed by atoms with Gasteiger partial charge in [-0.2, -0.15) is 5.10 Å². The summed E-state index contributed by atoms with van der Waals surface area (Å²) in [6.45, 7) is 0. The summed E-state index contributed by atoms with van der Waals surface area (Å²) in [5.74, 6) is 1.06. The first-order valence-corrected chi connectivity index (χ1v) is 8.50. The molecular formula is C19H16N2O2S. The van der Waals surface area contributed by atoms with Gasteiger partial charge >= 0.3 is 0 Å². The quantitative estimate of drug-likeness (QED) is 0.751. The van der Waals surface area contributed by atoms with Crippen LogP contribution in [0.15, 0.2) is 65.8 Å². The van der Waals surface area contributed by atoms with Crippen LogP contribution >= 0.6 is 11.8 Å². The standard InChI is InChI=1S/C19H16N2O2S/c1-23-16-11-10-12-6-2-3-7-13(12)17(16)19-21-20-18(24-19)14-8-4-5-9-15(14)22/h2-11,19,21-22H,1H3/t19-/m0/s1. The van der Waals surface area contributed by atoms with Crippen molar-refractivity contribution < 1.29 is 9.84 Å². The Balaban J connectivity index is 1.74. The van der Waals surface area contributed by atoms with E-state index in [1.54, 1.807) is 31.0 Å². The zero-order valence-corrected chi connectivity index (χ0v) is 13.9. The van der Waals surface area contributed by atoms with Crippen molar-refractivity contribution in [1.29, 1.82) is 0 Å². The molecule has 1 aliphatic rings. The molecule has 0 fully saturated rings. The summed E-state index contributed by atoms with van der Waals surface area (Å²) in [7, 11) is 1.68. The number of fused-ring (bicyclic) bond motifs is 1. The predicted molar refractivity (Wildman–Crippen MR) is 98.6 cm³/mol. The Morgan fingerprint density at radius 3 is 2.67 bits per heavy atom. The van der Waals surface area contributed by atoms with Crippen LogP contribution in [0.2, 0.25) is 0 Å². The Hall–Kier alpha value is -2.66. The Kier molecular flexibility index (Phi) is 3.78. The maximum absolute atomic E-state index is 10.1. The molecule has 0 aromatic heterocycles. The van der Waals surface area contributed by atoms with Crippen LogP contribution in [0.1, 0.15) is 16.5 Å². The lowest BCUT2D eigenvalue weighted by Gasteiger charge is -2.17. The molecule has 120 valence electrons. The number of hydrogen-bond acceptors (Lipinski definition) is 5. The molecule has 24 heavy (non-hydrogen) atoms. The molecule has 0 saturated heterocycles. The van der Waals surface area contributed by atoms with E-state index >= 15 is 0 Å². The highest BCUT2D eigenvalue weighted by molar-refractivity contribution is 8.14. The normalized spacial score (nSPS) is 16.7. The number of aromatic hydroxyl groups is 1. The second-order valence-electron chi connectivity index (χ2n) is 5.46. The van der Waals surface area contributed by atoms with E-state index in [0.29, 0.717) is 0 Å². The minimum absolute atomic E-state index is 0.0688. The summed E-state index contributed by atoms with van der Waals surface area (Å²) in [6.07, 6.45) is 0. The number of thioether (sulfide) groups is 1. The van der Waals surface area contributed by atoms with E-state index in [1.165, 1.54) is 0 Å². The number of nitrogens with zero attached hydrogens (tertiary/aromatic N) is 1. The number of benzene rings is 3. The molecule has 1 aliphatic heterocycles. The fourth-order valence-corrected chi connectivity index (χ4v) is 4.00. The van der Waals surface area contributed by atoms with Gasteiger partial charge in [0.25, 0.3) is 0 Å². The molecule has 0 spiro atoms. The molecule has 0 saturated carbocycles. The molecule has 5 heteroatoms. The van der Waals surface area contributed by atoms with Crippen LogP contribution in [0.25, 0.3) is 10.8 Å². The Labute approximate surface area is 144 Å². The fraction of sp³-hybridized carbons (Fsp3) is 0.105. The average Bonchev–Trinajstić information content (AvgIpc) is 3.10. The lowest BCUT2D eigenvalue weighted by molar-refractivity contribution is 0.409. The van der Waals surface area contributed by atoms with Gasteiger partial charge in [-0.3, -0.25) is 5.43 Å². The molecule has 3 aromatic rings. The number of nitrogens with one attached hydrogen (secondary N) is 1. The minimum Gasteiger partial charge on any atom is -0.507 e.